The van der Waals surface area contributed by atoms with Crippen molar-refractivity contribution in [1.29, 1.82) is 0 Å². The number of ether oxygens (including phenoxy) is 1. The number of nitrogens with one attached hydrogen (secondary N) is 1. The molecule has 0 rings (SSSR count). The number of aliphatic hydroxyl groups excluding tert-OH is 1. The molecule has 0 saturated heterocycles. The van der Waals surface area contributed by atoms with E-state index >= 15 is 0 Å². The van der Waals surface area contributed by atoms with Crippen molar-refractivity contribution >= 4 is 23.9 Å². The standard InChI is InChI=1S/C12H19N3O5/c1-7(2)20-12(19)10(15-11(18)8(3)16)5-4-9(17)6-14-13/h6-8,10,16H,4-5H2,1-3H3,(H,15,18)/t8-,10-/m0/s1. The summed E-state index contributed by atoms with van der Waals surface area (Å²) in [6, 6.07) is -1.05. The number of rotatable bonds is 8. The van der Waals surface area contributed by atoms with Crippen LogP contribution in [0.1, 0.15) is 33.6 Å². The van der Waals surface area contributed by atoms with E-state index < -0.39 is 29.8 Å². The molecule has 2 atom stereocenters. The molecular weight excluding hydrogens is 266 g/mol. The first-order valence-corrected chi connectivity index (χ1v) is 6.17. The number of amides is 1. The summed E-state index contributed by atoms with van der Waals surface area (Å²) in [5.41, 5.74) is 8.20. The Hall–Kier alpha value is -2.05. The number of carbonyl (C=O) groups is 3. The molecule has 112 valence electrons. The molecule has 0 bridgehead atoms. The van der Waals surface area contributed by atoms with Gasteiger partial charge in [-0.3, -0.25) is 9.59 Å². The minimum absolute atomic E-state index is 0.0190. The maximum atomic E-state index is 11.8. The second-order valence-electron chi connectivity index (χ2n) is 4.47. The maximum Gasteiger partial charge on any atom is 0.328 e. The SMILES string of the molecule is CC(C)OC(=O)[C@H](CCC(=O)C=[N+]=[N-])NC(=O)[C@H](C)O. The summed E-state index contributed by atoms with van der Waals surface area (Å²) >= 11 is 0. The fourth-order valence-electron chi connectivity index (χ4n) is 1.27. The van der Waals surface area contributed by atoms with E-state index in [1.165, 1.54) is 6.92 Å². The summed E-state index contributed by atoms with van der Waals surface area (Å²) < 4.78 is 4.96. The fourth-order valence-corrected chi connectivity index (χ4v) is 1.27. The van der Waals surface area contributed by atoms with Crippen molar-refractivity contribution in [2.24, 2.45) is 0 Å². The van der Waals surface area contributed by atoms with E-state index in [4.69, 9.17) is 15.4 Å². The van der Waals surface area contributed by atoms with E-state index in [2.05, 4.69) is 10.1 Å². The largest absolute Gasteiger partial charge is 0.461 e. The zero-order valence-corrected chi connectivity index (χ0v) is 11.7. The summed E-state index contributed by atoms with van der Waals surface area (Å²) in [6.07, 6.45) is -1.07. The van der Waals surface area contributed by atoms with Crippen LogP contribution in [0, 0.1) is 0 Å². The molecule has 0 aromatic heterocycles. The Labute approximate surface area is 116 Å². The Morgan fingerprint density at radius 2 is 1.95 bits per heavy atom. The molecule has 0 saturated carbocycles. The summed E-state index contributed by atoms with van der Waals surface area (Å²) in [6.45, 7) is 4.55. The van der Waals surface area contributed by atoms with Crippen LogP contribution >= 0.6 is 0 Å². The van der Waals surface area contributed by atoms with Crippen molar-refractivity contribution < 1.29 is 29.0 Å². The van der Waals surface area contributed by atoms with E-state index in [9.17, 15) is 14.4 Å². The molecule has 0 heterocycles. The molecule has 0 aliphatic rings. The van der Waals surface area contributed by atoms with Crippen LogP contribution in [0.25, 0.3) is 5.53 Å². The van der Waals surface area contributed by atoms with Crippen molar-refractivity contribution in [2.75, 3.05) is 0 Å². The highest BCUT2D eigenvalue weighted by Crippen LogP contribution is 2.03. The topological polar surface area (TPSA) is 129 Å². The van der Waals surface area contributed by atoms with Crippen molar-refractivity contribution in [3.8, 4) is 0 Å². The van der Waals surface area contributed by atoms with Gasteiger partial charge in [-0.25, -0.2) is 4.79 Å². The normalized spacial score (nSPS) is 13.1. The van der Waals surface area contributed by atoms with Gasteiger partial charge >= 0.3 is 12.2 Å². The lowest BCUT2D eigenvalue weighted by Crippen LogP contribution is -2.46. The lowest BCUT2D eigenvalue weighted by Gasteiger charge is -2.19. The van der Waals surface area contributed by atoms with Gasteiger partial charge in [0.25, 0.3) is 0 Å². The molecule has 8 nitrogen and oxygen atoms in total. The van der Waals surface area contributed by atoms with Gasteiger partial charge in [-0.05, 0) is 27.2 Å². The average molecular weight is 285 g/mol. The quantitative estimate of drug-likeness (QED) is 0.267. The molecule has 0 aromatic carbocycles. The van der Waals surface area contributed by atoms with E-state index in [0.717, 1.165) is 0 Å². The summed E-state index contributed by atoms with van der Waals surface area (Å²) in [4.78, 5) is 36.9. The molecule has 0 radical (unpaired) electrons. The van der Waals surface area contributed by atoms with Gasteiger partial charge in [-0.15, -0.1) is 0 Å². The predicted octanol–water partition coefficient (Wildman–Crippen LogP) is -0.546. The Morgan fingerprint density at radius 3 is 2.40 bits per heavy atom. The van der Waals surface area contributed by atoms with E-state index in [1.54, 1.807) is 13.8 Å². The van der Waals surface area contributed by atoms with Crippen LogP contribution < -0.4 is 5.32 Å². The molecule has 20 heavy (non-hydrogen) atoms. The van der Waals surface area contributed by atoms with E-state index in [0.29, 0.717) is 6.21 Å². The summed E-state index contributed by atoms with van der Waals surface area (Å²) in [7, 11) is 0. The molecule has 0 spiro atoms. The second kappa shape index (κ2) is 8.95. The minimum atomic E-state index is -1.28. The van der Waals surface area contributed by atoms with Crippen LogP contribution in [0.2, 0.25) is 0 Å². The monoisotopic (exact) mass is 285 g/mol. The number of hydrogen-bond acceptors (Lipinski definition) is 5. The third-order valence-corrected chi connectivity index (χ3v) is 2.21. The number of hydrogen-bond donors (Lipinski definition) is 2. The molecule has 0 aliphatic carbocycles. The third-order valence-electron chi connectivity index (χ3n) is 2.21. The smallest absolute Gasteiger partial charge is 0.328 e. The Bertz CT molecular complexity index is 413. The van der Waals surface area contributed by atoms with Crippen LogP contribution in [-0.4, -0.2) is 52.0 Å². The zero-order valence-electron chi connectivity index (χ0n) is 11.7. The fraction of sp³-hybridized carbons (Fsp3) is 0.667. The van der Waals surface area contributed by atoms with Crippen molar-refractivity contribution in [1.82, 2.24) is 5.32 Å². The van der Waals surface area contributed by atoms with Gasteiger partial charge in [0.1, 0.15) is 12.1 Å². The third kappa shape index (κ3) is 7.40. The lowest BCUT2D eigenvalue weighted by atomic mass is 10.1. The number of ketones is 1. The highest BCUT2D eigenvalue weighted by atomic mass is 16.5. The van der Waals surface area contributed by atoms with E-state index in [1.807, 2.05) is 0 Å². The lowest BCUT2D eigenvalue weighted by molar-refractivity contribution is -0.152. The highest BCUT2D eigenvalue weighted by Gasteiger charge is 2.25. The molecule has 2 N–H and O–H groups in total. The Kier molecular flexibility index (Phi) is 8.03. The molecule has 8 heteroatoms. The zero-order chi connectivity index (χ0) is 15.7. The van der Waals surface area contributed by atoms with Gasteiger partial charge in [0.15, 0.2) is 0 Å². The Morgan fingerprint density at radius 1 is 1.35 bits per heavy atom. The van der Waals surface area contributed by atoms with Crippen LogP contribution in [-0.2, 0) is 19.1 Å². The van der Waals surface area contributed by atoms with Crippen molar-refractivity contribution in [3.63, 3.8) is 0 Å². The Balaban J connectivity index is 4.69. The molecule has 0 aliphatic heterocycles. The van der Waals surface area contributed by atoms with Gasteiger partial charge in [-0.1, -0.05) is 0 Å². The predicted molar refractivity (Wildman–Crippen MR) is 68.8 cm³/mol. The van der Waals surface area contributed by atoms with Gasteiger partial charge in [0.05, 0.1) is 6.10 Å². The highest BCUT2D eigenvalue weighted by molar-refractivity contribution is 6.25. The van der Waals surface area contributed by atoms with Crippen LogP contribution in [0.3, 0.4) is 0 Å². The molecule has 1 amide bonds. The molecule has 0 fully saturated rings. The van der Waals surface area contributed by atoms with Crippen LogP contribution in [0.15, 0.2) is 0 Å². The number of aliphatic hydroxyl groups is 1. The first-order valence-electron chi connectivity index (χ1n) is 6.17. The number of nitrogens with zero attached hydrogens (tertiary/aromatic N) is 2. The maximum absolute atomic E-state index is 11.8. The van der Waals surface area contributed by atoms with Crippen molar-refractivity contribution in [2.45, 2.75) is 51.9 Å². The molecule has 0 aromatic rings. The molecular formula is C12H19N3O5. The van der Waals surface area contributed by atoms with Gasteiger partial charge in [-0.2, -0.15) is 4.79 Å². The van der Waals surface area contributed by atoms with Gasteiger partial charge in [0, 0.05) is 6.42 Å². The van der Waals surface area contributed by atoms with Crippen LogP contribution in [0.5, 0.6) is 0 Å². The molecule has 0 unspecified atom stereocenters. The summed E-state index contributed by atoms with van der Waals surface area (Å²) in [5, 5.41) is 11.4. The summed E-state index contributed by atoms with van der Waals surface area (Å²) in [5.74, 6) is -1.93. The van der Waals surface area contributed by atoms with Crippen LogP contribution in [0.4, 0.5) is 0 Å². The van der Waals surface area contributed by atoms with E-state index in [-0.39, 0.29) is 18.9 Å². The first-order chi connectivity index (χ1) is 9.27. The van der Waals surface area contributed by atoms with Crippen molar-refractivity contribution in [3.05, 3.63) is 5.53 Å². The number of esters is 1. The number of carbonyl (C=O) groups excluding carboxylic acids is 3. The minimum Gasteiger partial charge on any atom is -0.461 e. The average Bonchev–Trinajstić information content (AvgIpc) is 2.33. The van der Waals surface area contributed by atoms with Gasteiger partial charge in [0.2, 0.25) is 11.7 Å². The second-order valence-corrected chi connectivity index (χ2v) is 4.47. The van der Waals surface area contributed by atoms with Gasteiger partial charge < -0.3 is 20.7 Å². The number of Topliss-reactive ketones (excluding diaryl/α,β-unsaturated/α-hetero) is 1. The first kappa shape index (κ1) is 17.9.